The quantitative estimate of drug-likeness (QED) is 0.0722. The van der Waals surface area contributed by atoms with E-state index in [1.165, 1.54) is 63.5 Å². The van der Waals surface area contributed by atoms with Crippen molar-refractivity contribution in [2.24, 2.45) is 0 Å². The lowest BCUT2D eigenvalue weighted by atomic mass is 9.99. The number of para-hydroxylation sites is 3. The summed E-state index contributed by atoms with van der Waals surface area (Å²) in [5.74, 6) is -4.98. The molecular formula is C77H71F7N14O7. The van der Waals surface area contributed by atoms with Crippen molar-refractivity contribution < 1.29 is 64.1 Å². The molecule has 3 aliphatic rings. The first-order chi connectivity index (χ1) is 50.4. The number of ether oxygens (including phenoxy) is 4. The Hall–Kier alpha value is -12.1. The van der Waals surface area contributed by atoms with Crippen LogP contribution >= 0.6 is 0 Å². The second-order valence-electron chi connectivity index (χ2n) is 25.9. The number of halogens is 7. The van der Waals surface area contributed by atoms with Gasteiger partial charge in [-0.3, -0.25) is 14.4 Å². The summed E-state index contributed by atoms with van der Waals surface area (Å²) in [6.45, 7) is 10.3. The molecule has 3 amide bonds. The highest BCUT2D eigenvalue weighted by atomic mass is 19.2. The molecule has 0 unspecified atom stereocenters. The minimum Gasteiger partial charge on any atom is -0.493 e. The van der Waals surface area contributed by atoms with Crippen LogP contribution in [-0.4, -0.2) is 117 Å². The minimum atomic E-state index is -1.32. The topological polar surface area (TPSA) is 221 Å². The van der Waals surface area contributed by atoms with Gasteiger partial charge in [0.05, 0.1) is 101 Å². The van der Waals surface area contributed by atoms with E-state index in [0.29, 0.717) is 95.8 Å². The molecule has 3 N–H and O–H groups in total. The van der Waals surface area contributed by atoms with E-state index < -0.39 is 52.0 Å². The van der Waals surface area contributed by atoms with Crippen molar-refractivity contribution in [3.8, 4) is 56.4 Å². The lowest BCUT2D eigenvalue weighted by Gasteiger charge is -2.27. The second kappa shape index (κ2) is 29.3. The molecule has 0 aliphatic carbocycles. The van der Waals surface area contributed by atoms with Crippen LogP contribution in [0.3, 0.4) is 0 Å². The Kier molecular flexibility index (Phi) is 19.9. The number of hydrogen-bond acceptors (Lipinski definition) is 15. The number of carbonyl (C=O) groups is 3. The Bertz CT molecular complexity index is 5390. The van der Waals surface area contributed by atoms with Gasteiger partial charge in [-0.25, -0.2) is 50.2 Å². The molecule has 3 atom stereocenters. The van der Waals surface area contributed by atoms with Crippen LogP contribution in [0.2, 0.25) is 0 Å². The summed E-state index contributed by atoms with van der Waals surface area (Å²) in [5.41, 5.74) is 6.17. The monoisotopic (exact) mass is 1440 g/mol. The van der Waals surface area contributed by atoms with Crippen LogP contribution in [0.1, 0.15) is 128 Å². The van der Waals surface area contributed by atoms with Gasteiger partial charge in [0, 0.05) is 88.3 Å². The standard InChI is InChI=1S/C26H25F2N5O3.C26H24F2N4O2.C25H22F3N5O2/c1-14-21(16-9-10-18(27)23(35-4)22(16)28)24-29-13-17(26(32(2)3)33(24)31-14)25(34)30-19-11-12-36-20-8-6-5-7-15(19)20;1-14(2)24-17(26(33)30-20-11-12-34-21-10-5-4-7-16(20)21)13-29-25-22(15(3)31-32(24)25)23-18(27)8-6-9-19(23)28;1-13-20(21-16(26)8-9-17(27)22(21)28)23-29-12-15(25(32(2)3)33(23)31-13)24(34)30-18-10-11-35-19-7-5-4-6-14(18)19/h5-10,13,19H,11-12H2,1-4H3,(H,30,34);4-10,13-14,20H,11-12H2,1-3H3,(H,30,33);4-9,12,18H,10-11H2,1-3H3,(H,30,34)/t19-;20-;18-/m000/s1. The van der Waals surface area contributed by atoms with Crippen LogP contribution in [0.4, 0.5) is 42.4 Å². The number of nitrogens with one attached hydrogen (secondary N) is 3. The van der Waals surface area contributed by atoms with E-state index in [9.17, 15) is 40.7 Å². The van der Waals surface area contributed by atoms with Crippen LogP contribution in [0.25, 0.3) is 50.3 Å². The number of amides is 3. The lowest BCUT2D eigenvalue weighted by molar-refractivity contribution is 0.0914. The van der Waals surface area contributed by atoms with Crippen molar-refractivity contribution in [3.63, 3.8) is 0 Å². The molecule has 0 bridgehead atoms. The number of benzene rings is 6. The molecule has 0 radical (unpaired) electrons. The number of nitrogens with zero attached hydrogens (tertiary/aromatic N) is 11. The number of hydrogen-bond donors (Lipinski definition) is 3. The highest BCUT2D eigenvalue weighted by Crippen LogP contribution is 2.41. The average Bonchev–Trinajstić information content (AvgIpc) is 1.62. The Morgan fingerprint density at radius 2 is 0.838 bits per heavy atom. The van der Waals surface area contributed by atoms with Crippen LogP contribution in [0.15, 0.2) is 134 Å². The van der Waals surface area contributed by atoms with Gasteiger partial charge in [-0.1, -0.05) is 74.5 Å². The molecule has 3 aliphatic heterocycles. The summed E-state index contributed by atoms with van der Waals surface area (Å²) in [6, 6.07) is 29.9. The van der Waals surface area contributed by atoms with Gasteiger partial charge in [0.15, 0.2) is 46.0 Å². The Balaban J connectivity index is 0.000000140. The van der Waals surface area contributed by atoms with E-state index in [1.54, 1.807) is 58.8 Å². The second-order valence-corrected chi connectivity index (χ2v) is 25.9. The molecule has 0 fully saturated rings. The largest absolute Gasteiger partial charge is 0.493 e. The van der Waals surface area contributed by atoms with Crippen molar-refractivity contribution in [3.05, 3.63) is 231 Å². The van der Waals surface area contributed by atoms with Gasteiger partial charge in [0.1, 0.15) is 57.5 Å². The molecule has 105 heavy (non-hydrogen) atoms. The molecule has 6 aromatic heterocycles. The normalized spacial score (nSPS) is 15.0. The number of methoxy groups -OCH3 is 1. The van der Waals surface area contributed by atoms with Crippen LogP contribution in [0, 0.1) is 61.5 Å². The molecule has 0 spiro atoms. The molecule has 28 heteroatoms. The molecule has 0 saturated carbocycles. The third-order valence-electron chi connectivity index (χ3n) is 18.4. The maximum Gasteiger partial charge on any atom is 0.257 e. The summed E-state index contributed by atoms with van der Waals surface area (Å²) in [4.78, 5) is 56.9. The summed E-state index contributed by atoms with van der Waals surface area (Å²) >= 11 is 0. The maximum absolute atomic E-state index is 15.1. The maximum atomic E-state index is 15.1. The predicted octanol–water partition coefficient (Wildman–Crippen LogP) is 14.1. The first-order valence-electron chi connectivity index (χ1n) is 33.6. The average molecular weight is 1440 g/mol. The van der Waals surface area contributed by atoms with Crippen molar-refractivity contribution >= 4 is 46.3 Å². The third kappa shape index (κ3) is 13.3. The zero-order valence-corrected chi connectivity index (χ0v) is 58.7. The first-order valence-corrected chi connectivity index (χ1v) is 33.6. The zero-order valence-electron chi connectivity index (χ0n) is 58.7. The fourth-order valence-electron chi connectivity index (χ4n) is 13.7. The van der Waals surface area contributed by atoms with Gasteiger partial charge in [-0.05, 0) is 81.3 Å². The highest BCUT2D eigenvalue weighted by Gasteiger charge is 2.34. The summed E-state index contributed by atoms with van der Waals surface area (Å²) < 4.78 is 128. The van der Waals surface area contributed by atoms with Gasteiger partial charge in [-0.15, -0.1) is 0 Å². The molecular weight excluding hydrogens is 1370 g/mol. The van der Waals surface area contributed by atoms with E-state index >= 15 is 4.39 Å². The predicted molar refractivity (Wildman–Crippen MR) is 379 cm³/mol. The molecule has 12 aromatic rings. The zero-order chi connectivity index (χ0) is 74.4. The third-order valence-corrected chi connectivity index (χ3v) is 18.4. The number of fused-ring (bicyclic) bond motifs is 6. The Morgan fingerprint density at radius 3 is 1.30 bits per heavy atom. The van der Waals surface area contributed by atoms with Crippen molar-refractivity contribution in [1.82, 2.24) is 59.7 Å². The highest BCUT2D eigenvalue weighted by molar-refractivity contribution is 6.01. The number of aromatic nitrogens is 9. The number of aryl methyl sites for hydroxylation is 3. The minimum absolute atomic E-state index is 0.0212. The molecule has 15 rings (SSSR count). The van der Waals surface area contributed by atoms with Crippen LogP contribution < -0.4 is 44.7 Å². The van der Waals surface area contributed by atoms with Crippen LogP contribution in [0.5, 0.6) is 23.0 Å². The molecule has 0 saturated heterocycles. The van der Waals surface area contributed by atoms with E-state index in [0.717, 1.165) is 52.1 Å². The van der Waals surface area contributed by atoms with Crippen molar-refractivity contribution in [2.75, 3.05) is 64.9 Å². The smallest absolute Gasteiger partial charge is 0.257 e. The van der Waals surface area contributed by atoms with Gasteiger partial charge in [0.25, 0.3) is 17.7 Å². The van der Waals surface area contributed by atoms with Gasteiger partial charge in [0.2, 0.25) is 0 Å². The SMILES string of the molecule is COc1c(F)ccc(-c2c(C)nn3c(N(C)C)c(C(=O)N[C@H]4CCOc5ccccc54)cnc23)c1F.Cc1nn2c(C(C)C)c(C(=O)N[C@H]3CCOc4ccccc43)cnc2c1-c1c(F)cccc1F.Cc1nn2c(N(C)C)c(C(=O)N[C@H]3CCOc4ccccc43)cnc2c1-c1c(F)ccc(F)c1F. The molecule has 540 valence electrons. The molecule has 6 aromatic carbocycles. The van der Waals surface area contributed by atoms with E-state index in [1.807, 2.05) is 86.6 Å². The lowest BCUT2D eigenvalue weighted by Crippen LogP contribution is -2.33. The van der Waals surface area contributed by atoms with Crippen molar-refractivity contribution in [1.29, 1.82) is 0 Å². The number of rotatable bonds is 13. The Morgan fingerprint density at radius 1 is 0.457 bits per heavy atom. The van der Waals surface area contributed by atoms with E-state index in [-0.39, 0.29) is 80.9 Å². The fraction of sp³-hybridized carbons (Fsp3) is 0.260. The van der Waals surface area contributed by atoms with E-state index in [4.69, 9.17) is 18.9 Å². The van der Waals surface area contributed by atoms with Crippen molar-refractivity contribution in [2.45, 2.75) is 77.9 Å². The van der Waals surface area contributed by atoms with E-state index in [2.05, 4.69) is 46.2 Å². The van der Waals surface area contributed by atoms with Gasteiger partial charge in [-0.2, -0.15) is 24.3 Å². The fourth-order valence-corrected chi connectivity index (χ4v) is 13.7. The molecule has 9 heterocycles. The molecule has 21 nitrogen and oxygen atoms in total. The summed E-state index contributed by atoms with van der Waals surface area (Å²) in [7, 11) is 8.21. The van der Waals surface area contributed by atoms with Gasteiger partial charge >= 0.3 is 0 Å². The summed E-state index contributed by atoms with van der Waals surface area (Å²) in [6.07, 6.45) is 6.13. The first kappa shape index (κ1) is 71.3. The van der Waals surface area contributed by atoms with Crippen LogP contribution in [-0.2, 0) is 0 Å². The van der Waals surface area contributed by atoms with Gasteiger partial charge < -0.3 is 44.7 Å². The number of anilines is 2. The summed E-state index contributed by atoms with van der Waals surface area (Å²) in [5, 5.41) is 22.7. The Labute approximate surface area is 597 Å². The number of carbonyl (C=O) groups excluding carboxylic acids is 3.